The maximum absolute atomic E-state index is 11.8. The lowest BCUT2D eigenvalue weighted by Crippen LogP contribution is -2.45. The van der Waals surface area contributed by atoms with Crippen LogP contribution in [-0.4, -0.2) is 24.5 Å². The molecule has 1 amide bonds. The highest BCUT2D eigenvalue weighted by atomic mass is 16.1. The summed E-state index contributed by atoms with van der Waals surface area (Å²) in [7, 11) is 0. The van der Waals surface area contributed by atoms with Crippen LogP contribution in [0.2, 0.25) is 0 Å². The first-order valence-corrected chi connectivity index (χ1v) is 6.11. The topological polar surface area (TPSA) is 41.1 Å². The van der Waals surface area contributed by atoms with Gasteiger partial charge in [-0.1, -0.05) is 13.8 Å². The van der Waals surface area contributed by atoms with Crippen molar-refractivity contribution in [2.24, 2.45) is 5.92 Å². The van der Waals surface area contributed by atoms with Crippen molar-refractivity contribution in [3.8, 4) is 0 Å². The highest BCUT2D eigenvalue weighted by molar-refractivity contribution is 5.77. The smallest absolute Gasteiger partial charge is 0.220 e. The minimum absolute atomic E-state index is 0.0108. The van der Waals surface area contributed by atoms with Gasteiger partial charge in [0, 0.05) is 12.0 Å². The average Bonchev–Trinajstić information content (AvgIpc) is 2.70. The van der Waals surface area contributed by atoms with Crippen LogP contribution in [0, 0.1) is 5.92 Å². The van der Waals surface area contributed by atoms with Crippen molar-refractivity contribution in [3.05, 3.63) is 0 Å². The molecule has 1 fully saturated rings. The number of carbonyl (C=O) groups is 1. The molecule has 3 nitrogen and oxygen atoms in total. The third kappa shape index (κ3) is 3.82. The average molecular weight is 212 g/mol. The fourth-order valence-corrected chi connectivity index (χ4v) is 1.97. The SMILES string of the molecule is CCC(C)(CC)NC(=O)CC1CCNC1. The summed E-state index contributed by atoms with van der Waals surface area (Å²) >= 11 is 0. The van der Waals surface area contributed by atoms with E-state index in [1.807, 2.05) is 0 Å². The number of hydrogen-bond acceptors (Lipinski definition) is 2. The summed E-state index contributed by atoms with van der Waals surface area (Å²) in [6.07, 6.45) is 3.82. The van der Waals surface area contributed by atoms with Crippen LogP contribution in [0.1, 0.15) is 46.5 Å². The molecule has 1 saturated heterocycles. The van der Waals surface area contributed by atoms with Gasteiger partial charge in [-0.3, -0.25) is 4.79 Å². The number of rotatable bonds is 5. The molecule has 0 bridgehead atoms. The van der Waals surface area contributed by atoms with Crippen molar-refractivity contribution in [2.45, 2.75) is 52.0 Å². The van der Waals surface area contributed by atoms with E-state index in [9.17, 15) is 4.79 Å². The van der Waals surface area contributed by atoms with Crippen LogP contribution >= 0.6 is 0 Å². The van der Waals surface area contributed by atoms with Crippen molar-refractivity contribution < 1.29 is 4.79 Å². The maximum Gasteiger partial charge on any atom is 0.220 e. The molecule has 1 aliphatic heterocycles. The van der Waals surface area contributed by atoms with Gasteiger partial charge in [0.15, 0.2) is 0 Å². The quantitative estimate of drug-likeness (QED) is 0.728. The van der Waals surface area contributed by atoms with Crippen LogP contribution < -0.4 is 10.6 Å². The molecule has 0 aromatic carbocycles. The predicted octanol–water partition coefficient (Wildman–Crippen LogP) is 1.68. The summed E-state index contributed by atoms with van der Waals surface area (Å²) in [6, 6.07) is 0. The molecule has 1 atom stereocenters. The van der Waals surface area contributed by atoms with Gasteiger partial charge >= 0.3 is 0 Å². The van der Waals surface area contributed by atoms with Gasteiger partial charge in [0.05, 0.1) is 0 Å². The molecule has 0 spiro atoms. The van der Waals surface area contributed by atoms with Crippen molar-refractivity contribution in [2.75, 3.05) is 13.1 Å². The van der Waals surface area contributed by atoms with E-state index in [0.717, 1.165) is 32.4 Å². The Bertz CT molecular complexity index is 206. The Morgan fingerprint density at radius 2 is 2.13 bits per heavy atom. The zero-order valence-electron chi connectivity index (χ0n) is 10.2. The molecule has 1 heterocycles. The molecule has 15 heavy (non-hydrogen) atoms. The summed E-state index contributed by atoms with van der Waals surface area (Å²) in [5.41, 5.74) is -0.0108. The molecule has 3 heteroatoms. The van der Waals surface area contributed by atoms with Gasteiger partial charge in [0.2, 0.25) is 5.91 Å². The van der Waals surface area contributed by atoms with Crippen LogP contribution in [0.25, 0.3) is 0 Å². The van der Waals surface area contributed by atoms with E-state index in [0.29, 0.717) is 12.3 Å². The van der Waals surface area contributed by atoms with Gasteiger partial charge in [-0.15, -0.1) is 0 Å². The lowest BCUT2D eigenvalue weighted by atomic mass is 9.94. The summed E-state index contributed by atoms with van der Waals surface area (Å²) in [5, 5.41) is 6.44. The zero-order chi connectivity index (χ0) is 11.3. The van der Waals surface area contributed by atoms with Gasteiger partial charge in [0.1, 0.15) is 0 Å². The van der Waals surface area contributed by atoms with E-state index >= 15 is 0 Å². The standard InChI is InChI=1S/C12H24N2O/c1-4-12(3,5-2)14-11(15)8-10-6-7-13-9-10/h10,13H,4-9H2,1-3H3,(H,14,15). The first-order valence-electron chi connectivity index (χ1n) is 6.11. The summed E-state index contributed by atoms with van der Waals surface area (Å²) in [6.45, 7) is 8.44. The molecule has 0 aromatic heterocycles. The van der Waals surface area contributed by atoms with Crippen LogP contribution in [0.15, 0.2) is 0 Å². The number of nitrogens with one attached hydrogen (secondary N) is 2. The van der Waals surface area contributed by atoms with Crippen molar-refractivity contribution in [1.29, 1.82) is 0 Å². The Morgan fingerprint density at radius 1 is 1.47 bits per heavy atom. The third-order valence-electron chi connectivity index (χ3n) is 3.64. The zero-order valence-corrected chi connectivity index (χ0v) is 10.2. The van der Waals surface area contributed by atoms with Gasteiger partial charge < -0.3 is 10.6 Å². The Hall–Kier alpha value is -0.570. The highest BCUT2D eigenvalue weighted by Crippen LogP contribution is 2.16. The lowest BCUT2D eigenvalue weighted by Gasteiger charge is -2.28. The van der Waals surface area contributed by atoms with Gasteiger partial charge in [0.25, 0.3) is 0 Å². The number of carbonyl (C=O) groups excluding carboxylic acids is 1. The molecule has 1 rings (SSSR count). The van der Waals surface area contributed by atoms with E-state index in [4.69, 9.17) is 0 Å². The Balaban J connectivity index is 2.33. The van der Waals surface area contributed by atoms with E-state index in [-0.39, 0.29) is 11.4 Å². The van der Waals surface area contributed by atoms with Crippen LogP contribution in [-0.2, 0) is 4.79 Å². The first kappa shape index (κ1) is 12.5. The fraction of sp³-hybridized carbons (Fsp3) is 0.917. The summed E-state index contributed by atoms with van der Waals surface area (Å²) < 4.78 is 0. The summed E-state index contributed by atoms with van der Waals surface area (Å²) in [4.78, 5) is 11.8. The van der Waals surface area contributed by atoms with Gasteiger partial charge in [-0.05, 0) is 45.2 Å². The largest absolute Gasteiger partial charge is 0.351 e. The van der Waals surface area contributed by atoms with E-state index in [2.05, 4.69) is 31.4 Å². The normalized spacial score (nSPS) is 21.7. The third-order valence-corrected chi connectivity index (χ3v) is 3.64. The van der Waals surface area contributed by atoms with Crippen LogP contribution in [0.4, 0.5) is 0 Å². The van der Waals surface area contributed by atoms with Gasteiger partial charge in [-0.25, -0.2) is 0 Å². The number of hydrogen-bond donors (Lipinski definition) is 2. The first-order chi connectivity index (χ1) is 7.09. The van der Waals surface area contributed by atoms with Gasteiger partial charge in [-0.2, -0.15) is 0 Å². The van der Waals surface area contributed by atoms with Crippen molar-refractivity contribution in [3.63, 3.8) is 0 Å². The monoisotopic (exact) mass is 212 g/mol. The second-order valence-electron chi connectivity index (χ2n) is 4.88. The molecular weight excluding hydrogens is 188 g/mol. The molecule has 2 N–H and O–H groups in total. The molecule has 1 aliphatic rings. The minimum Gasteiger partial charge on any atom is -0.351 e. The summed E-state index contributed by atoms with van der Waals surface area (Å²) in [5.74, 6) is 0.762. The predicted molar refractivity (Wildman–Crippen MR) is 62.7 cm³/mol. The highest BCUT2D eigenvalue weighted by Gasteiger charge is 2.24. The maximum atomic E-state index is 11.8. The Morgan fingerprint density at radius 3 is 2.60 bits per heavy atom. The van der Waals surface area contributed by atoms with E-state index < -0.39 is 0 Å². The fourth-order valence-electron chi connectivity index (χ4n) is 1.97. The Labute approximate surface area is 93.0 Å². The second kappa shape index (κ2) is 5.50. The van der Waals surface area contributed by atoms with Crippen LogP contribution in [0.5, 0.6) is 0 Å². The lowest BCUT2D eigenvalue weighted by molar-refractivity contribution is -0.123. The molecule has 0 aliphatic carbocycles. The van der Waals surface area contributed by atoms with Crippen LogP contribution in [0.3, 0.4) is 0 Å². The Kier molecular flexibility index (Phi) is 4.58. The van der Waals surface area contributed by atoms with Crippen molar-refractivity contribution in [1.82, 2.24) is 10.6 Å². The molecule has 88 valence electrons. The number of amides is 1. The molecule has 1 unspecified atom stereocenters. The second-order valence-corrected chi connectivity index (χ2v) is 4.88. The molecule has 0 saturated carbocycles. The van der Waals surface area contributed by atoms with E-state index in [1.165, 1.54) is 0 Å². The van der Waals surface area contributed by atoms with Crippen molar-refractivity contribution >= 4 is 5.91 Å². The molecule has 0 radical (unpaired) electrons. The minimum atomic E-state index is -0.0108. The molecule has 0 aromatic rings. The molecular formula is C12H24N2O. The van der Waals surface area contributed by atoms with E-state index in [1.54, 1.807) is 0 Å².